The first-order valence-corrected chi connectivity index (χ1v) is 18.1. The first-order chi connectivity index (χ1) is 23.1. The van der Waals surface area contributed by atoms with Gasteiger partial charge in [0.25, 0.3) is 0 Å². The highest BCUT2D eigenvalue weighted by Crippen LogP contribution is 2.64. The summed E-state index contributed by atoms with van der Waals surface area (Å²) < 4.78 is 34.0. The maximum Gasteiger partial charge on any atom is 0.327 e. The van der Waals surface area contributed by atoms with Crippen LogP contribution in [0.1, 0.15) is 138 Å². The Hall–Kier alpha value is -3.18. The molecule has 12 nitrogen and oxygen atoms in total. The van der Waals surface area contributed by atoms with Crippen LogP contribution in [0.4, 0.5) is 0 Å². The smallest absolute Gasteiger partial charge is 0.327 e. The Labute approximate surface area is 286 Å². The number of unbranched alkanes of at least 4 members (excludes halogenated alkanes) is 6. The molecular formula is C36H60O12. The first-order valence-electron chi connectivity index (χ1n) is 18.1. The molecule has 0 aliphatic heterocycles. The van der Waals surface area contributed by atoms with Gasteiger partial charge in [0.15, 0.2) is 10.8 Å². The van der Waals surface area contributed by atoms with E-state index in [1.54, 1.807) is 0 Å². The molecule has 1 aliphatic carbocycles. The summed E-state index contributed by atoms with van der Waals surface area (Å²) in [6, 6.07) is 0. The van der Waals surface area contributed by atoms with Gasteiger partial charge < -0.3 is 28.4 Å². The number of carbonyl (C=O) groups is 6. The SMILES string of the molecule is CCCCOC(=O)C1(C(=O)OCCCC)CCCC(C(=O)OCCCC)(C(=O)OCCCC)C1(C(=O)OCCCC)C(=O)OCCCC. The van der Waals surface area contributed by atoms with E-state index in [0.29, 0.717) is 77.0 Å². The molecule has 0 heterocycles. The largest absolute Gasteiger partial charge is 0.465 e. The highest BCUT2D eigenvalue weighted by atomic mass is 16.6. The van der Waals surface area contributed by atoms with Crippen LogP contribution in [0.25, 0.3) is 0 Å². The number of carbonyl (C=O) groups excluding carboxylic acids is 6. The summed E-state index contributed by atoms with van der Waals surface area (Å²) >= 11 is 0. The zero-order chi connectivity index (χ0) is 36.1. The van der Waals surface area contributed by atoms with Gasteiger partial charge in [0.1, 0.15) is 0 Å². The Bertz CT molecular complexity index is 912. The van der Waals surface area contributed by atoms with Crippen LogP contribution in [0, 0.1) is 16.2 Å². The van der Waals surface area contributed by atoms with Crippen LogP contribution < -0.4 is 0 Å². The summed E-state index contributed by atoms with van der Waals surface area (Å²) in [7, 11) is 0. The lowest BCUT2D eigenvalue weighted by Gasteiger charge is -2.53. The van der Waals surface area contributed by atoms with Crippen molar-refractivity contribution in [2.45, 2.75) is 138 Å². The third-order valence-electron chi connectivity index (χ3n) is 8.78. The fraction of sp³-hybridized carbons (Fsp3) is 0.833. The van der Waals surface area contributed by atoms with E-state index in [-0.39, 0.29) is 46.1 Å². The van der Waals surface area contributed by atoms with Crippen LogP contribution in [0.15, 0.2) is 0 Å². The summed E-state index contributed by atoms with van der Waals surface area (Å²) in [6.07, 6.45) is 4.99. The summed E-state index contributed by atoms with van der Waals surface area (Å²) in [5.41, 5.74) is -8.90. The molecule has 1 rings (SSSR count). The van der Waals surface area contributed by atoms with Crippen molar-refractivity contribution in [3.8, 4) is 0 Å². The lowest BCUT2D eigenvalue weighted by atomic mass is 9.44. The molecule has 276 valence electrons. The maximum atomic E-state index is 14.9. The lowest BCUT2D eigenvalue weighted by Crippen LogP contribution is -2.75. The van der Waals surface area contributed by atoms with Crippen LogP contribution in [-0.4, -0.2) is 75.5 Å². The Morgan fingerprint density at radius 2 is 0.583 bits per heavy atom. The van der Waals surface area contributed by atoms with Gasteiger partial charge in [0, 0.05) is 0 Å². The highest BCUT2D eigenvalue weighted by Gasteiger charge is 2.87. The van der Waals surface area contributed by atoms with E-state index < -0.39 is 64.9 Å². The fourth-order valence-corrected chi connectivity index (χ4v) is 5.89. The summed E-state index contributed by atoms with van der Waals surface area (Å²) in [4.78, 5) is 88.0. The molecule has 0 amide bonds. The van der Waals surface area contributed by atoms with Crippen molar-refractivity contribution >= 4 is 35.8 Å². The van der Waals surface area contributed by atoms with E-state index in [1.165, 1.54) is 0 Å². The third-order valence-corrected chi connectivity index (χ3v) is 8.78. The van der Waals surface area contributed by atoms with Crippen molar-refractivity contribution in [3.05, 3.63) is 0 Å². The van der Waals surface area contributed by atoms with Gasteiger partial charge in [0.05, 0.1) is 39.6 Å². The number of rotatable bonds is 24. The minimum Gasteiger partial charge on any atom is -0.465 e. The molecule has 0 spiro atoms. The Kier molecular flexibility index (Phi) is 20.0. The molecule has 0 aromatic carbocycles. The molecule has 48 heavy (non-hydrogen) atoms. The molecule has 1 saturated carbocycles. The molecule has 0 unspecified atom stereocenters. The number of hydrogen-bond donors (Lipinski definition) is 0. The standard InChI is InChI=1S/C36H60O12/c1-7-13-22-43-28(37)34(29(38)44-23-14-8-2)20-19-21-35(30(39)45-24-15-9-3,31(40)46-25-16-10-4)36(34,32(41)47-26-17-11-5)33(42)48-27-18-12-6/h7-27H2,1-6H3. The molecule has 0 radical (unpaired) electrons. The second-order valence-electron chi connectivity index (χ2n) is 12.4. The molecular weight excluding hydrogens is 624 g/mol. The average molecular weight is 685 g/mol. The quantitative estimate of drug-likeness (QED) is 0.0492. The monoisotopic (exact) mass is 684 g/mol. The second kappa shape index (κ2) is 22.5. The number of hydrogen-bond acceptors (Lipinski definition) is 12. The highest BCUT2D eigenvalue weighted by molar-refractivity contribution is 6.22. The van der Waals surface area contributed by atoms with Crippen molar-refractivity contribution in [1.29, 1.82) is 0 Å². The van der Waals surface area contributed by atoms with Crippen molar-refractivity contribution in [1.82, 2.24) is 0 Å². The third kappa shape index (κ3) is 9.49. The number of ether oxygens (including phenoxy) is 6. The maximum absolute atomic E-state index is 14.9. The summed E-state index contributed by atoms with van der Waals surface area (Å²) in [5.74, 6) is -7.96. The van der Waals surface area contributed by atoms with Crippen LogP contribution in [0.3, 0.4) is 0 Å². The first kappa shape index (κ1) is 42.8. The van der Waals surface area contributed by atoms with E-state index in [2.05, 4.69) is 0 Å². The van der Waals surface area contributed by atoms with Gasteiger partial charge in [-0.1, -0.05) is 80.1 Å². The van der Waals surface area contributed by atoms with Crippen LogP contribution in [0.2, 0.25) is 0 Å². The predicted molar refractivity (Wildman–Crippen MR) is 176 cm³/mol. The normalized spacial score (nSPS) is 15.9. The van der Waals surface area contributed by atoms with Gasteiger partial charge in [-0.15, -0.1) is 0 Å². The van der Waals surface area contributed by atoms with Crippen LogP contribution in [0.5, 0.6) is 0 Å². The molecule has 0 N–H and O–H groups in total. The van der Waals surface area contributed by atoms with Gasteiger partial charge in [0.2, 0.25) is 5.41 Å². The van der Waals surface area contributed by atoms with Crippen LogP contribution >= 0.6 is 0 Å². The molecule has 0 aromatic heterocycles. The van der Waals surface area contributed by atoms with E-state index in [1.807, 2.05) is 41.5 Å². The topological polar surface area (TPSA) is 158 Å². The van der Waals surface area contributed by atoms with Crippen molar-refractivity contribution in [2.75, 3.05) is 39.6 Å². The van der Waals surface area contributed by atoms with Crippen molar-refractivity contribution in [2.24, 2.45) is 16.2 Å². The van der Waals surface area contributed by atoms with Crippen molar-refractivity contribution in [3.63, 3.8) is 0 Å². The average Bonchev–Trinajstić information content (AvgIpc) is 3.07. The van der Waals surface area contributed by atoms with Gasteiger partial charge in [-0.25, -0.2) is 0 Å². The molecule has 0 aromatic rings. The second-order valence-corrected chi connectivity index (χ2v) is 12.4. The van der Waals surface area contributed by atoms with Gasteiger partial charge in [-0.2, -0.15) is 0 Å². The molecule has 0 saturated heterocycles. The van der Waals surface area contributed by atoms with Gasteiger partial charge in [-0.3, -0.25) is 28.8 Å². The summed E-state index contributed by atoms with van der Waals surface area (Å²) in [6.45, 7) is 10.1. The Morgan fingerprint density at radius 3 is 0.792 bits per heavy atom. The van der Waals surface area contributed by atoms with Crippen LogP contribution in [-0.2, 0) is 57.2 Å². The zero-order valence-electron chi connectivity index (χ0n) is 30.2. The molecule has 12 heteroatoms. The van der Waals surface area contributed by atoms with E-state index in [4.69, 9.17) is 28.4 Å². The minimum atomic E-state index is -3.22. The van der Waals surface area contributed by atoms with E-state index in [0.717, 1.165) is 0 Å². The molecule has 0 atom stereocenters. The molecule has 0 bridgehead atoms. The Morgan fingerprint density at radius 1 is 0.375 bits per heavy atom. The van der Waals surface area contributed by atoms with Crippen molar-refractivity contribution < 1.29 is 57.2 Å². The minimum absolute atomic E-state index is 0.135. The van der Waals surface area contributed by atoms with E-state index in [9.17, 15) is 28.8 Å². The number of esters is 6. The molecule has 1 fully saturated rings. The molecule has 1 aliphatic rings. The predicted octanol–water partition coefficient (Wildman–Crippen LogP) is 6.19. The lowest BCUT2D eigenvalue weighted by molar-refractivity contribution is -0.234. The zero-order valence-corrected chi connectivity index (χ0v) is 30.2. The Balaban J connectivity index is 4.44. The van der Waals surface area contributed by atoms with E-state index >= 15 is 0 Å². The van der Waals surface area contributed by atoms with Gasteiger partial charge >= 0.3 is 35.8 Å². The van der Waals surface area contributed by atoms with Gasteiger partial charge in [-0.05, 0) is 57.8 Å². The fourth-order valence-electron chi connectivity index (χ4n) is 5.89. The summed E-state index contributed by atoms with van der Waals surface area (Å²) in [5, 5.41) is 0.